The van der Waals surface area contributed by atoms with E-state index in [9.17, 15) is 9.59 Å². The summed E-state index contributed by atoms with van der Waals surface area (Å²) in [6, 6.07) is 22.1. The molecule has 3 aromatic carbocycles. The summed E-state index contributed by atoms with van der Waals surface area (Å²) in [6.45, 7) is 4.87. The highest BCUT2D eigenvalue weighted by Crippen LogP contribution is 2.56. The molecule has 1 spiro atoms. The fourth-order valence-electron chi connectivity index (χ4n) is 5.08. The maximum absolute atomic E-state index is 13.4. The molecule has 0 radical (unpaired) electrons. The lowest BCUT2D eigenvalue weighted by Crippen LogP contribution is -2.47. The minimum Gasteiger partial charge on any atom is -0.341 e. The van der Waals surface area contributed by atoms with Crippen LogP contribution in [-0.2, 0) is 21.0 Å². The Bertz CT molecular complexity index is 1410. The number of para-hydroxylation sites is 2. The number of benzene rings is 3. The van der Waals surface area contributed by atoms with E-state index < -0.39 is 4.87 Å². The molecule has 0 saturated carbocycles. The van der Waals surface area contributed by atoms with Crippen molar-refractivity contribution >= 4 is 56.8 Å². The van der Waals surface area contributed by atoms with Gasteiger partial charge in [0.1, 0.15) is 0 Å². The van der Waals surface area contributed by atoms with Gasteiger partial charge < -0.3 is 9.88 Å². The maximum Gasteiger partial charge on any atom is 0.266 e. The summed E-state index contributed by atoms with van der Waals surface area (Å²) in [6.07, 6.45) is 0. The number of nitrogens with zero attached hydrogens (tertiary/aromatic N) is 2. The highest BCUT2D eigenvalue weighted by molar-refractivity contribution is 8.03. The van der Waals surface area contributed by atoms with Crippen molar-refractivity contribution < 1.29 is 9.59 Å². The fraction of sp³-hybridized carbons (Fsp3) is 0.200. The van der Waals surface area contributed by atoms with Crippen molar-refractivity contribution in [3.63, 3.8) is 0 Å². The molecule has 6 heteroatoms. The number of thioether (sulfide) groups is 1. The minimum atomic E-state index is -1.08. The van der Waals surface area contributed by atoms with E-state index in [1.54, 1.807) is 4.90 Å². The second-order valence-electron chi connectivity index (χ2n) is 8.04. The number of aromatic nitrogens is 1. The summed E-state index contributed by atoms with van der Waals surface area (Å²) in [7, 11) is 0. The molecular formula is C25H21N3O2S. The lowest BCUT2D eigenvalue weighted by molar-refractivity contribution is -0.122. The molecular weight excluding hydrogens is 406 g/mol. The van der Waals surface area contributed by atoms with Gasteiger partial charge in [0, 0.05) is 45.3 Å². The van der Waals surface area contributed by atoms with E-state index in [-0.39, 0.29) is 17.1 Å². The first kappa shape index (κ1) is 18.5. The van der Waals surface area contributed by atoms with Crippen LogP contribution < -0.4 is 10.2 Å². The highest BCUT2D eigenvalue weighted by Gasteiger charge is 2.60. The number of carbonyl (C=O) groups excluding carboxylic acids is 2. The second-order valence-corrected chi connectivity index (χ2v) is 9.57. The Labute approximate surface area is 184 Å². The second kappa shape index (κ2) is 6.37. The molecule has 4 aromatic rings. The molecule has 2 unspecified atom stereocenters. The topological polar surface area (TPSA) is 54.3 Å². The first-order chi connectivity index (χ1) is 15.1. The molecule has 1 fully saturated rings. The van der Waals surface area contributed by atoms with Gasteiger partial charge in [-0.05, 0) is 44.2 Å². The number of carbonyl (C=O) groups is 2. The van der Waals surface area contributed by atoms with Crippen molar-refractivity contribution in [2.75, 3.05) is 10.2 Å². The average Bonchev–Trinajstić information content (AvgIpc) is 3.36. The number of hydrogen-bond donors (Lipinski definition) is 1. The van der Waals surface area contributed by atoms with E-state index in [1.807, 2.05) is 49.4 Å². The van der Waals surface area contributed by atoms with E-state index in [0.717, 1.165) is 39.8 Å². The van der Waals surface area contributed by atoms with E-state index in [1.165, 1.54) is 17.3 Å². The molecule has 1 N–H and O–H groups in total. The van der Waals surface area contributed by atoms with Gasteiger partial charge in [-0.25, -0.2) is 0 Å². The lowest BCUT2D eigenvalue weighted by Gasteiger charge is -2.32. The summed E-state index contributed by atoms with van der Waals surface area (Å²) in [4.78, 5) is 27.4. The fourth-order valence-corrected chi connectivity index (χ4v) is 6.56. The van der Waals surface area contributed by atoms with Gasteiger partial charge in [-0.15, -0.1) is 11.8 Å². The van der Waals surface area contributed by atoms with E-state index >= 15 is 0 Å². The molecule has 2 amide bonds. The molecule has 31 heavy (non-hydrogen) atoms. The Hall–Kier alpha value is -3.25. The number of rotatable bonds is 2. The van der Waals surface area contributed by atoms with Crippen LogP contribution >= 0.6 is 11.8 Å². The monoisotopic (exact) mass is 427 g/mol. The van der Waals surface area contributed by atoms with Crippen LogP contribution in [0.1, 0.15) is 19.4 Å². The van der Waals surface area contributed by atoms with E-state index in [4.69, 9.17) is 0 Å². The molecule has 0 bridgehead atoms. The van der Waals surface area contributed by atoms with Crippen molar-refractivity contribution in [1.29, 1.82) is 0 Å². The quantitative estimate of drug-likeness (QED) is 0.485. The number of nitrogens with one attached hydrogen (secondary N) is 1. The molecule has 2 atom stereocenters. The summed E-state index contributed by atoms with van der Waals surface area (Å²) in [5.41, 5.74) is 4.67. The third-order valence-electron chi connectivity index (χ3n) is 6.41. The van der Waals surface area contributed by atoms with Crippen LogP contribution in [0.4, 0.5) is 11.4 Å². The molecule has 2 aliphatic rings. The third kappa shape index (κ3) is 2.28. The molecule has 2 aliphatic heterocycles. The average molecular weight is 428 g/mol. The van der Waals surface area contributed by atoms with Gasteiger partial charge >= 0.3 is 0 Å². The van der Waals surface area contributed by atoms with Gasteiger partial charge in [-0.1, -0.05) is 36.4 Å². The molecule has 1 saturated heterocycles. The number of fused-ring (bicyclic) bond motifs is 5. The number of hydrogen-bond acceptors (Lipinski definition) is 3. The predicted octanol–water partition coefficient (Wildman–Crippen LogP) is 5.09. The van der Waals surface area contributed by atoms with E-state index in [2.05, 4.69) is 41.1 Å². The number of aryl methyl sites for hydroxylation is 1. The van der Waals surface area contributed by atoms with Crippen LogP contribution in [0.25, 0.3) is 21.8 Å². The van der Waals surface area contributed by atoms with Crippen LogP contribution in [0.15, 0.2) is 66.7 Å². The first-order valence-corrected chi connectivity index (χ1v) is 11.4. The molecule has 6 rings (SSSR count). The SMILES string of the molecule is CCn1c2ccccc2c2cc(N3C(=O)C(C)SC34C(=O)Nc3ccccc34)ccc21. The predicted molar refractivity (Wildman–Crippen MR) is 126 cm³/mol. The maximum atomic E-state index is 13.4. The Morgan fingerprint density at radius 2 is 1.71 bits per heavy atom. The van der Waals surface area contributed by atoms with Crippen LogP contribution in [0.3, 0.4) is 0 Å². The third-order valence-corrected chi connectivity index (χ3v) is 7.89. The molecule has 0 aliphatic carbocycles. The molecule has 5 nitrogen and oxygen atoms in total. The van der Waals surface area contributed by atoms with Crippen molar-refractivity contribution in [3.8, 4) is 0 Å². The smallest absolute Gasteiger partial charge is 0.266 e. The van der Waals surface area contributed by atoms with Crippen molar-refractivity contribution in [2.24, 2.45) is 0 Å². The number of anilines is 2. The van der Waals surface area contributed by atoms with Gasteiger partial charge in [0.15, 0.2) is 0 Å². The largest absolute Gasteiger partial charge is 0.341 e. The van der Waals surface area contributed by atoms with Crippen LogP contribution in [0, 0.1) is 0 Å². The zero-order valence-corrected chi connectivity index (χ0v) is 18.1. The summed E-state index contributed by atoms with van der Waals surface area (Å²) < 4.78 is 2.28. The standard InChI is InChI=1S/C25H21N3O2S/c1-3-27-21-11-7-4-8-17(21)18-14-16(12-13-22(18)27)28-23(29)15(2)31-25(28)19-9-5-6-10-20(19)26-24(25)30/h4-15H,3H2,1-2H3,(H,26,30). The van der Waals surface area contributed by atoms with Gasteiger partial charge in [0.05, 0.1) is 5.25 Å². The first-order valence-electron chi connectivity index (χ1n) is 10.5. The Morgan fingerprint density at radius 1 is 0.968 bits per heavy atom. The number of amides is 2. The van der Waals surface area contributed by atoms with E-state index in [0.29, 0.717) is 0 Å². The normalized spacial score (nSPS) is 22.6. The lowest BCUT2D eigenvalue weighted by atomic mass is 10.0. The van der Waals surface area contributed by atoms with Crippen molar-refractivity contribution in [1.82, 2.24) is 4.57 Å². The Morgan fingerprint density at radius 3 is 2.55 bits per heavy atom. The zero-order valence-electron chi connectivity index (χ0n) is 17.3. The summed E-state index contributed by atoms with van der Waals surface area (Å²) >= 11 is 1.42. The van der Waals surface area contributed by atoms with Crippen LogP contribution in [0.5, 0.6) is 0 Å². The van der Waals surface area contributed by atoms with Crippen molar-refractivity contribution in [3.05, 3.63) is 72.3 Å². The zero-order chi connectivity index (χ0) is 21.3. The molecule has 154 valence electrons. The summed E-state index contributed by atoms with van der Waals surface area (Å²) in [5, 5.41) is 4.92. The Kier molecular flexibility index (Phi) is 3.81. The van der Waals surface area contributed by atoms with Gasteiger partial charge in [0.25, 0.3) is 5.91 Å². The highest BCUT2D eigenvalue weighted by atomic mass is 32.2. The van der Waals surface area contributed by atoms with Gasteiger partial charge in [-0.2, -0.15) is 0 Å². The minimum absolute atomic E-state index is 0.0459. The summed E-state index contributed by atoms with van der Waals surface area (Å²) in [5.74, 6) is -0.206. The molecule has 1 aromatic heterocycles. The van der Waals surface area contributed by atoms with Gasteiger partial charge in [-0.3, -0.25) is 14.5 Å². The van der Waals surface area contributed by atoms with Crippen LogP contribution in [-0.4, -0.2) is 21.6 Å². The Balaban J connectivity index is 1.62. The van der Waals surface area contributed by atoms with Gasteiger partial charge in [0.2, 0.25) is 10.8 Å². The van der Waals surface area contributed by atoms with Crippen molar-refractivity contribution in [2.45, 2.75) is 30.5 Å². The molecule has 3 heterocycles. The van der Waals surface area contributed by atoms with Crippen LogP contribution in [0.2, 0.25) is 0 Å².